The molecule has 3 rings (SSSR count). The Bertz CT molecular complexity index is 632. The van der Waals surface area contributed by atoms with E-state index in [0.717, 1.165) is 12.0 Å². The number of aliphatic carboxylic acids is 1. The van der Waals surface area contributed by atoms with Crippen molar-refractivity contribution in [1.29, 1.82) is 0 Å². The van der Waals surface area contributed by atoms with Gasteiger partial charge in [0.05, 0.1) is 11.6 Å². The molecule has 1 aromatic carbocycles. The van der Waals surface area contributed by atoms with Gasteiger partial charge >= 0.3 is 12.0 Å². The van der Waals surface area contributed by atoms with Crippen LogP contribution in [0.2, 0.25) is 0 Å². The average Bonchev–Trinajstić information content (AvgIpc) is 3.36. The molecule has 1 aliphatic carbocycles. The van der Waals surface area contributed by atoms with Gasteiger partial charge in [-0.25, -0.2) is 4.79 Å². The van der Waals surface area contributed by atoms with Crippen molar-refractivity contribution >= 4 is 12.0 Å². The minimum atomic E-state index is -0.852. The fraction of sp³-hybridized carbons (Fsp3) is 0.600. The summed E-state index contributed by atoms with van der Waals surface area (Å²) in [5.74, 6) is -0.301. The second-order valence-corrected chi connectivity index (χ2v) is 7.71. The van der Waals surface area contributed by atoms with Crippen molar-refractivity contribution in [3.63, 3.8) is 0 Å². The lowest BCUT2D eigenvalue weighted by molar-refractivity contribution is -0.137. The van der Waals surface area contributed by atoms with E-state index in [1.165, 1.54) is 12.8 Å². The molecule has 3 N–H and O–H groups in total. The number of hydrogen-bond donors (Lipinski definition) is 3. The van der Waals surface area contributed by atoms with E-state index in [4.69, 9.17) is 9.84 Å². The van der Waals surface area contributed by atoms with Crippen LogP contribution in [0.3, 0.4) is 0 Å². The Balaban J connectivity index is 1.59. The number of benzene rings is 1. The number of nitrogens with one attached hydrogen (secondary N) is 2. The summed E-state index contributed by atoms with van der Waals surface area (Å²) in [7, 11) is 0. The van der Waals surface area contributed by atoms with Gasteiger partial charge in [-0.3, -0.25) is 4.79 Å². The minimum Gasteiger partial charge on any atom is -0.481 e. The molecule has 3 atom stereocenters. The monoisotopic (exact) mass is 360 g/mol. The van der Waals surface area contributed by atoms with Gasteiger partial charge in [0.25, 0.3) is 0 Å². The zero-order chi connectivity index (χ0) is 18.6. The Morgan fingerprint density at radius 3 is 2.69 bits per heavy atom. The zero-order valence-corrected chi connectivity index (χ0v) is 15.2. The number of carbonyl (C=O) groups is 2. The van der Waals surface area contributed by atoms with E-state index in [1.54, 1.807) is 0 Å². The molecule has 0 aromatic heterocycles. The molecule has 0 bridgehead atoms. The maximum atomic E-state index is 12.6. The van der Waals surface area contributed by atoms with E-state index in [0.29, 0.717) is 25.4 Å². The Kier molecular flexibility index (Phi) is 5.81. The Labute approximate surface area is 154 Å². The quantitative estimate of drug-likeness (QED) is 0.665. The molecule has 0 spiro atoms. The highest BCUT2D eigenvalue weighted by Crippen LogP contribution is 2.43. The molecule has 1 aliphatic heterocycles. The van der Waals surface area contributed by atoms with Gasteiger partial charge in [0.15, 0.2) is 0 Å². The summed E-state index contributed by atoms with van der Waals surface area (Å²) in [6.07, 6.45) is 4.26. The van der Waals surface area contributed by atoms with E-state index in [2.05, 4.69) is 10.6 Å². The van der Waals surface area contributed by atoms with Gasteiger partial charge in [0.1, 0.15) is 0 Å². The second-order valence-electron chi connectivity index (χ2n) is 7.71. The van der Waals surface area contributed by atoms with Crippen LogP contribution < -0.4 is 10.6 Å². The fourth-order valence-electron chi connectivity index (χ4n) is 3.82. The summed E-state index contributed by atoms with van der Waals surface area (Å²) in [6, 6.07) is 9.34. The predicted molar refractivity (Wildman–Crippen MR) is 98.0 cm³/mol. The Morgan fingerprint density at radius 2 is 2.04 bits per heavy atom. The topological polar surface area (TPSA) is 87.7 Å². The maximum Gasteiger partial charge on any atom is 0.315 e. The van der Waals surface area contributed by atoms with Gasteiger partial charge in [-0.05, 0) is 50.5 Å². The lowest BCUT2D eigenvalue weighted by Gasteiger charge is -2.32. The van der Waals surface area contributed by atoms with Crippen LogP contribution in [0.5, 0.6) is 0 Å². The van der Waals surface area contributed by atoms with Crippen molar-refractivity contribution in [2.45, 2.75) is 63.1 Å². The number of rotatable bonds is 8. The largest absolute Gasteiger partial charge is 0.481 e. The van der Waals surface area contributed by atoms with Gasteiger partial charge in [0, 0.05) is 19.1 Å². The van der Waals surface area contributed by atoms with Crippen LogP contribution in [0, 0.1) is 5.92 Å². The molecular weight excluding hydrogens is 332 g/mol. The number of hydrogen-bond acceptors (Lipinski definition) is 3. The normalized spacial score (nSPS) is 26.3. The first-order valence-electron chi connectivity index (χ1n) is 9.42. The molecule has 2 fully saturated rings. The molecule has 142 valence electrons. The van der Waals surface area contributed by atoms with Crippen LogP contribution >= 0.6 is 0 Å². The van der Waals surface area contributed by atoms with Crippen LogP contribution in [-0.2, 0) is 16.0 Å². The van der Waals surface area contributed by atoms with Crippen molar-refractivity contribution in [1.82, 2.24) is 10.6 Å². The second kappa shape index (κ2) is 8.08. The van der Waals surface area contributed by atoms with Crippen LogP contribution in [0.25, 0.3) is 0 Å². The van der Waals surface area contributed by atoms with E-state index in [1.807, 2.05) is 37.3 Å². The van der Waals surface area contributed by atoms with Crippen molar-refractivity contribution in [3.05, 3.63) is 35.9 Å². The lowest BCUT2D eigenvalue weighted by atomic mass is 9.90. The van der Waals surface area contributed by atoms with Crippen molar-refractivity contribution in [2.24, 2.45) is 5.92 Å². The average molecular weight is 360 g/mol. The van der Waals surface area contributed by atoms with Crippen LogP contribution in [0.4, 0.5) is 4.79 Å². The molecule has 1 saturated carbocycles. The van der Waals surface area contributed by atoms with Gasteiger partial charge in [-0.15, -0.1) is 0 Å². The summed E-state index contributed by atoms with van der Waals surface area (Å²) < 4.78 is 5.85. The molecule has 2 amide bonds. The summed E-state index contributed by atoms with van der Waals surface area (Å²) in [4.78, 5) is 23.6. The first-order chi connectivity index (χ1) is 12.5. The molecule has 3 unspecified atom stereocenters. The van der Waals surface area contributed by atoms with E-state index < -0.39 is 5.97 Å². The number of carbonyl (C=O) groups excluding carboxylic acids is 1. The molecule has 1 aromatic rings. The van der Waals surface area contributed by atoms with Crippen molar-refractivity contribution in [3.8, 4) is 0 Å². The molecule has 0 radical (unpaired) electrons. The van der Waals surface area contributed by atoms with Gasteiger partial charge in [0.2, 0.25) is 0 Å². The predicted octanol–water partition coefficient (Wildman–Crippen LogP) is 2.72. The van der Waals surface area contributed by atoms with Gasteiger partial charge < -0.3 is 20.5 Å². The molecule has 2 aliphatic rings. The molecular formula is C20H28N2O4. The molecule has 26 heavy (non-hydrogen) atoms. The molecule has 6 heteroatoms. The molecule has 1 saturated heterocycles. The highest BCUT2D eigenvalue weighted by atomic mass is 16.5. The lowest BCUT2D eigenvalue weighted by Crippen LogP contribution is -2.57. The van der Waals surface area contributed by atoms with Crippen LogP contribution in [0.15, 0.2) is 30.3 Å². The zero-order valence-electron chi connectivity index (χ0n) is 15.2. The van der Waals surface area contributed by atoms with Crippen LogP contribution in [0.1, 0.15) is 44.6 Å². The number of amides is 2. The highest BCUT2D eigenvalue weighted by molar-refractivity contribution is 5.75. The summed E-state index contributed by atoms with van der Waals surface area (Å²) in [5.41, 5.74) is 0.726. The Morgan fingerprint density at radius 1 is 1.31 bits per heavy atom. The van der Waals surface area contributed by atoms with Crippen molar-refractivity contribution < 1.29 is 19.4 Å². The van der Waals surface area contributed by atoms with E-state index >= 15 is 0 Å². The first-order valence-corrected chi connectivity index (χ1v) is 9.42. The van der Waals surface area contributed by atoms with Crippen molar-refractivity contribution in [2.75, 3.05) is 6.61 Å². The number of carboxylic acid groups (broad SMARTS) is 1. The summed E-state index contributed by atoms with van der Waals surface area (Å²) >= 11 is 0. The first kappa shape index (κ1) is 18.7. The third-order valence-corrected chi connectivity index (χ3v) is 5.36. The van der Waals surface area contributed by atoms with Gasteiger partial charge in [-0.1, -0.05) is 30.3 Å². The van der Waals surface area contributed by atoms with Gasteiger partial charge in [-0.2, -0.15) is 0 Å². The molecule has 6 nitrogen and oxygen atoms in total. The number of ether oxygens (including phenoxy) is 1. The third-order valence-electron chi connectivity index (χ3n) is 5.36. The van der Waals surface area contributed by atoms with Crippen LogP contribution in [-0.4, -0.2) is 41.4 Å². The highest BCUT2D eigenvalue weighted by Gasteiger charge is 2.49. The smallest absolute Gasteiger partial charge is 0.315 e. The standard InChI is InChI=1S/C20H28N2O4/c1-20(11-12-26-18(20)15-7-8-15)22-19(25)21-16(9-10-17(23)24)13-14-5-3-2-4-6-14/h2-6,15-16,18H,7-13H2,1H3,(H,23,24)(H2,21,22,25). The maximum absolute atomic E-state index is 12.6. The van der Waals surface area contributed by atoms with E-state index in [-0.39, 0.29) is 30.1 Å². The minimum absolute atomic E-state index is 0.0306. The molecule has 1 heterocycles. The summed E-state index contributed by atoms with van der Waals surface area (Å²) in [6.45, 7) is 2.72. The number of carboxylic acids is 1. The summed E-state index contributed by atoms with van der Waals surface area (Å²) in [5, 5.41) is 15.1. The fourth-order valence-corrected chi connectivity index (χ4v) is 3.82. The third kappa shape index (κ3) is 4.97. The van der Waals surface area contributed by atoms with E-state index in [9.17, 15) is 9.59 Å². The number of urea groups is 1. The Hall–Kier alpha value is -2.08. The SMILES string of the molecule is CC1(NC(=O)NC(CCC(=O)O)Cc2ccccc2)CCOC1C1CC1.